The molecule has 0 aromatic heterocycles. The number of hydrogen-bond donors (Lipinski definition) is 0. The van der Waals surface area contributed by atoms with Crippen LogP contribution in [-0.4, -0.2) is 49.7 Å². The molecule has 2 aliphatic heterocycles. The van der Waals surface area contributed by atoms with Crippen LogP contribution < -0.4 is 4.90 Å². The Kier molecular flexibility index (Phi) is 5.12. The van der Waals surface area contributed by atoms with E-state index in [0.717, 1.165) is 57.7 Å². The minimum Gasteiger partial charge on any atom is -0.462 e. The second-order valence-corrected chi connectivity index (χ2v) is 10.2. The monoisotopic (exact) mass is 412 g/mol. The third-order valence-electron chi connectivity index (χ3n) is 8.34. The SMILES string of the molecule is C=C1CCC[C@]2(C)C[C@H]3OC(=O)[C@@H](CN4CCN(c5ccc(F)cc5)CC4)[C@H]3C[C@H]12. The molecule has 5 atom stereocenters. The number of piperazine rings is 1. The number of allylic oxidation sites excluding steroid dienone is 1. The van der Waals surface area contributed by atoms with E-state index < -0.39 is 0 Å². The number of ether oxygens (including phenoxy) is 1. The highest BCUT2D eigenvalue weighted by Crippen LogP contribution is 2.56. The van der Waals surface area contributed by atoms with E-state index in [-0.39, 0.29) is 29.2 Å². The lowest BCUT2D eigenvalue weighted by Crippen LogP contribution is -2.50. The summed E-state index contributed by atoms with van der Waals surface area (Å²) in [5.74, 6) is 0.682. The van der Waals surface area contributed by atoms with Gasteiger partial charge in [0, 0.05) is 44.3 Å². The predicted molar refractivity (Wildman–Crippen MR) is 116 cm³/mol. The standard InChI is InChI=1S/C25H33FN2O2/c1-17-4-3-9-25(2)15-23-20(14-22(17)25)21(24(29)30-23)16-27-10-12-28(13-11-27)19-7-5-18(26)6-8-19/h5-8,20-23H,1,3-4,9-16H2,2H3/t20-,21+,22-,23-,25-/m1/s1. The zero-order valence-electron chi connectivity index (χ0n) is 18.0. The lowest BCUT2D eigenvalue weighted by Gasteiger charge is -2.50. The van der Waals surface area contributed by atoms with Gasteiger partial charge in [0.2, 0.25) is 0 Å². The normalized spacial score (nSPS) is 36.9. The number of esters is 1. The summed E-state index contributed by atoms with van der Waals surface area (Å²) in [6, 6.07) is 6.73. The minimum atomic E-state index is -0.198. The predicted octanol–water partition coefficient (Wildman–Crippen LogP) is 4.26. The van der Waals surface area contributed by atoms with Gasteiger partial charge in [0.15, 0.2) is 0 Å². The van der Waals surface area contributed by atoms with Crippen LogP contribution in [0.25, 0.3) is 0 Å². The van der Waals surface area contributed by atoms with Crippen molar-refractivity contribution in [3.8, 4) is 0 Å². The number of benzene rings is 1. The zero-order chi connectivity index (χ0) is 20.9. The van der Waals surface area contributed by atoms with Gasteiger partial charge in [0.25, 0.3) is 0 Å². The van der Waals surface area contributed by atoms with Crippen molar-refractivity contribution in [2.45, 2.75) is 45.1 Å². The first-order chi connectivity index (χ1) is 14.4. The molecule has 0 amide bonds. The van der Waals surface area contributed by atoms with Gasteiger partial charge in [-0.3, -0.25) is 9.69 Å². The Bertz CT molecular complexity index is 817. The molecule has 5 rings (SSSR count). The number of rotatable bonds is 3. The molecule has 4 fully saturated rings. The first-order valence-electron chi connectivity index (χ1n) is 11.5. The average molecular weight is 413 g/mol. The first-order valence-corrected chi connectivity index (χ1v) is 11.5. The van der Waals surface area contributed by atoms with E-state index in [4.69, 9.17) is 4.74 Å². The van der Waals surface area contributed by atoms with Gasteiger partial charge in [-0.25, -0.2) is 4.39 Å². The van der Waals surface area contributed by atoms with Crippen molar-refractivity contribution >= 4 is 11.7 Å². The Morgan fingerprint density at radius 3 is 2.67 bits per heavy atom. The van der Waals surface area contributed by atoms with Crippen LogP contribution in [0.1, 0.15) is 39.0 Å². The van der Waals surface area contributed by atoms with E-state index in [2.05, 4.69) is 23.3 Å². The van der Waals surface area contributed by atoms with E-state index in [9.17, 15) is 9.18 Å². The van der Waals surface area contributed by atoms with Gasteiger partial charge in [-0.1, -0.05) is 19.1 Å². The lowest BCUT2D eigenvalue weighted by atomic mass is 9.55. The number of nitrogens with zero attached hydrogens (tertiary/aromatic N) is 2. The summed E-state index contributed by atoms with van der Waals surface area (Å²) in [5.41, 5.74) is 2.72. The molecule has 0 spiro atoms. The molecule has 2 aliphatic carbocycles. The summed E-state index contributed by atoms with van der Waals surface area (Å²) in [5, 5.41) is 0. The van der Waals surface area contributed by atoms with Crippen molar-refractivity contribution in [1.29, 1.82) is 0 Å². The Morgan fingerprint density at radius 1 is 1.20 bits per heavy atom. The summed E-state index contributed by atoms with van der Waals surface area (Å²) in [7, 11) is 0. The van der Waals surface area contributed by atoms with Crippen LogP contribution in [-0.2, 0) is 9.53 Å². The molecule has 2 heterocycles. The zero-order valence-corrected chi connectivity index (χ0v) is 18.0. The maximum atomic E-state index is 13.2. The van der Waals surface area contributed by atoms with Gasteiger partial charge in [-0.05, 0) is 67.7 Å². The van der Waals surface area contributed by atoms with Gasteiger partial charge in [-0.15, -0.1) is 0 Å². The summed E-state index contributed by atoms with van der Waals surface area (Å²) >= 11 is 0. The molecule has 2 saturated heterocycles. The van der Waals surface area contributed by atoms with Gasteiger partial charge in [0.05, 0.1) is 5.92 Å². The molecule has 0 radical (unpaired) electrons. The van der Waals surface area contributed by atoms with Crippen molar-refractivity contribution in [3.05, 3.63) is 42.2 Å². The molecule has 0 unspecified atom stereocenters. The molecule has 5 heteroatoms. The molecule has 2 saturated carbocycles. The maximum Gasteiger partial charge on any atom is 0.310 e. The largest absolute Gasteiger partial charge is 0.462 e. The highest BCUT2D eigenvalue weighted by molar-refractivity contribution is 5.75. The van der Waals surface area contributed by atoms with Gasteiger partial charge in [0.1, 0.15) is 11.9 Å². The minimum absolute atomic E-state index is 0.00773. The fraction of sp³-hybridized carbons (Fsp3) is 0.640. The van der Waals surface area contributed by atoms with Crippen molar-refractivity contribution in [3.63, 3.8) is 0 Å². The topological polar surface area (TPSA) is 32.8 Å². The van der Waals surface area contributed by atoms with Crippen molar-refractivity contribution < 1.29 is 13.9 Å². The number of halogens is 1. The highest BCUT2D eigenvalue weighted by Gasteiger charge is 2.55. The Labute approximate surface area is 179 Å². The van der Waals surface area contributed by atoms with E-state index in [1.165, 1.54) is 30.5 Å². The van der Waals surface area contributed by atoms with Crippen molar-refractivity contribution in [2.24, 2.45) is 23.2 Å². The number of carbonyl (C=O) groups is 1. The maximum absolute atomic E-state index is 13.2. The van der Waals surface area contributed by atoms with Gasteiger partial charge < -0.3 is 9.64 Å². The Balaban J connectivity index is 1.22. The molecule has 4 aliphatic rings. The molecule has 4 nitrogen and oxygen atoms in total. The van der Waals surface area contributed by atoms with Crippen LogP contribution in [0.5, 0.6) is 0 Å². The van der Waals surface area contributed by atoms with Gasteiger partial charge in [-0.2, -0.15) is 0 Å². The van der Waals surface area contributed by atoms with E-state index in [0.29, 0.717) is 11.8 Å². The number of anilines is 1. The van der Waals surface area contributed by atoms with Crippen LogP contribution >= 0.6 is 0 Å². The van der Waals surface area contributed by atoms with Crippen LogP contribution in [0.2, 0.25) is 0 Å². The summed E-state index contributed by atoms with van der Waals surface area (Å²) in [4.78, 5) is 17.5. The van der Waals surface area contributed by atoms with Crippen LogP contribution in [0, 0.1) is 29.0 Å². The molecule has 162 valence electrons. The van der Waals surface area contributed by atoms with Gasteiger partial charge >= 0.3 is 5.97 Å². The second-order valence-electron chi connectivity index (χ2n) is 10.2. The molecule has 0 N–H and O–H groups in total. The molecule has 1 aromatic carbocycles. The highest BCUT2D eigenvalue weighted by atomic mass is 19.1. The second kappa shape index (κ2) is 7.67. The third-order valence-corrected chi connectivity index (χ3v) is 8.34. The van der Waals surface area contributed by atoms with Crippen LogP contribution in [0.3, 0.4) is 0 Å². The number of hydrogen-bond acceptors (Lipinski definition) is 4. The molecule has 0 bridgehead atoms. The van der Waals surface area contributed by atoms with E-state index in [1.807, 2.05) is 12.1 Å². The average Bonchev–Trinajstić information content (AvgIpc) is 3.01. The Morgan fingerprint density at radius 2 is 1.93 bits per heavy atom. The fourth-order valence-corrected chi connectivity index (χ4v) is 6.58. The van der Waals surface area contributed by atoms with Crippen molar-refractivity contribution in [1.82, 2.24) is 4.90 Å². The fourth-order valence-electron chi connectivity index (χ4n) is 6.58. The molecular weight excluding hydrogens is 379 g/mol. The quantitative estimate of drug-likeness (QED) is 0.549. The van der Waals surface area contributed by atoms with E-state index in [1.54, 1.807) is 0 Å². The lowest BCUT2D eigenvalue weighted by molar-refractivity contribution is -0.146. The number of carbonyl (C=O) groups excluding carboxylic acids is 1. The summed E-state index contributed by atoms with van der Waals surface area (Å²) in [6.45, 7) is 11.2. The number of fused-ring (bicyclic) bond motifs is 2. The van der Waals surface area contributed by atoms with Crippen LogP contribution in [0.4, 0.5) is 10.1 Å². The summed E-state index contributed by atoms with van der Waals surface area (Å²) in [6.07, 6.45) is 5.75. The first kappa shape index (κ1) is 20.0. The Hall–Kier alpha value is -1.88. The van der Waals surface area contributed by atoms with Crippen molar-refractivity contribution in [2.75, 3.05) is 37.6 Å². The molecule has 1 aromatic rings. The van der Waals surface area contributed by atoms with Crippen LogP contribution in [0.15, 0.2) is 36.4 Å². The smallest absolute Gasteiger partial charge is 0.310 e. The third kappa shape index (κ3) is 3.55. The summed E-state index contributed by atoms with van der Waals surface area (Å²) < 4.78 is 19.1. The molecule has 30 heavy (non-hydrogen) atoms. The molecular formula is C25H33FN2O2. The van der Waals surface area contributed by atoms with E-state index >= 15 is 0 Å².